The van der Waals surface area contributed by atoms with Crippen molar-refractivity contribution < 1.29 is 0 Å². The highest BCUT2D eigenvalue weighted by molar-refractivity contribution is 6.28. The normalized spacial score (nSPS) is 20.8. The van der Waals surface area contributed by atoms with Crippen molar-refractivity contribution in [3.63, 3.8) is 0 Å². The van der Waals surface area contributed by atoms with Crippen molar-refractivity contribution in [1.29, 1.82) is 0 Å². The molecule has 1 aliphatic heterocycles. The van der Waals surface area contributed by atoms with Crippen LogP contribution in [0.1, 0.15) is 12.8 Å². The second kappa shape index (κ2) is 5.46. The SMILES string of the molecule is CN(CC1CCCNC1)c1ccnc(Cl)n1. The maximum Gasteiger partial charge on any atom is 0.224 e. The predicted octanol–water partition coefficient (Wildman–Crippen LogP) is 1.57. The van der Waals surface area contributed by atoms with E-state index in [2.05, 4.69) is 20.2 Å². The first-order chi connectivity index (χ1) is 7.75. The Bertz CT molecular complexity index is 339. The topological polar surface area (TPSA) is 41.0 Å². The largest absolute Gasteiger partial charge is 0.359 e. The van der Waals surface area contributed by atoms with Gasteiger partial charge in [-0.05, 0) is 49.5 Å². The smallest absolute Gasteiger partial charge is 0.224 e. The van der Waals surface area contributed by atoms with E-state index in [0.29, 0.717) is 11.2 Å². The average molecular weight is 241 g/mol. The molecule has 0 radical (unpaired) electrons. The van der Waals surface area contributed by atoms with Gasteiger partial charge in [0.2, 0.25) is 5.28 Å². The second-order valence-electron chi connectivity index (χ2n) is 4.28. The van der Waals surface area contributed by atoms with Gasteiger partial charge in [-0.25, -0.2) is 9.97 Å². The van der Waals surface area contributed by atoms with Gasteiger partial charge in [0.05, 0.1) is 0 Å². The molecule has 16 heavy (non-hydrogen) atoms. The molecule has 1 aliphatic rings. The fourth-order valence-corrected chi connectivity index (χ4v) is 2.24. The number of nitrogens with one attached hydrogen (secondary N) is 1. The Morgan fingerprint density at radius 2 is 2.50 bits per heavy atom. The summed E-state index contributed by atoms with van der Waals surface area (Å²) < 4.78 is 0. The molecular weight excluding hydrogens is 224 g/mol. The predicted molar refractivity (Wildman–Crippen MR) is 65.9 cm³/mol. The molecule has 1 N–H and O–H groups in total. The molecule has 1 saturated heterocycles. The Labute approximate surface area is 101 Å². The van der Waals surface area contributed by atoms with Crippen LogP contribution in [0.15, 0.2) is 12.3 Å². The van der Waals surface area contributed by atoms with Crippen molar-refractivity contribution in [3.8, 4) is 0 Å². The summed E-state index contributed by atoms with van der Waals surface area (Å²) in [7, 11) is 2.05. The van der Waals surface area contributed by atoms with Gasteiger partial charge in [-0.2, -0.15) is 0 Å². The van der Waals surface area contributed by atoms with Gasteiger partial charge in [0.15, 0.2) is 0 Å². The van der Waals surface area contributed by atoms with Crippen molar-refractivity contribution in [2.75, 3.05) is 31.6 Å². The first kappa shape index (κ1) is 11.6. The van der Waals surface area contributed by atoms with Crippen LogP contribution in [0, 0.1) is 5.92 Å². The number of rotatable bonds is 3. The standard InChI is InChI=1S/C11H17ClN4/c1-16(8-9-3-2-5-13-7-9)10-4-6-14-11(12)15-10/h4,6,9,13H,2-3,5,7-8H2,1H3. The third-order valence-corrected chi connectivity index (χ3v) is 3.12. The number of aromatic nitrogens is 2. The van der Waals surface area contributed by atoms with Crippen molar-refractivity contribution in [2.45, 2.75) is 12.8 Å². The third-order valence-electron chi connectivity index (χ3n) is 2.93. The number of hydrogen-bond acceptors (Lipinski definition) is 4. The molecule has 2 heterocycles. The molecule has 5 heteroatoms. The number of piperidine rings is 1. The van der Waals surface area contributed by atoms with Gasteiger partial charge in [-0.1, -0.05) is 0 Å². The number of hydrogen-bond donors (Lipinski definition) is 1. The molecule has 0 aromatic carbocycles. The first-order valence-electron chi connectivity index (χ1n) is 5.66. The van der Waals surface area contributed by atoms with Crippen molar-refractivity contribution in [2.24, 2.45) is 5.92 Å². The van der Waals surface area contributed by atoms with Crippen LogP contribution in [0.2, 0.25) is 5.28 Å². The summed E-state index contributed by atoms with van der Waals surface area (Å²) in [5.41, 5.74) is 0. The van der Waals surface area contributed by atoms with E-state index in [1.54, 1.807) is 6.20 Å². The molecule has 1 aromatic heterocycles. The van der Waals surface area contributed by atoms with Crippen LogP contribution in [0.3, 0.4) is 0 Å². The molecule has 4 nitrogen and oxygen atoms in total. The highest BCUT2D eigenvalue weighted by Crippen LogP contribution is 2.16. The van der Waals surface area contributed by atoms with Crippen LogP contribution >= 0.6 is 11.6 Å². The molecular formula is C11H17ClN4. The lowest BCUT2D eigenvalue weighted by atomic mass is 9.99. The van der Waals surface area contributed by atoms with Gasteiger partial charge in [0.25, 0.3) is 0 Å². The zero-order valence-corrected chi connectivity index (χ0v) is 10.2. The maximum atomic E-state index is 5.77. The minimum atomic E-state index is 0.311. The Morgan fingerprint density at radius 1 is 1.62 bits per heavy atom. The summed E-state index contributed by atoms with van der Waals surface area (Å²) in [6.07, 6.45) is 4.25. The summed E-state index contributed by atoms with van der Waals surface area (Å²) >= 11 is 5.77. The Kier molecular flexibility index (Phi) is 3.96. The lowest BCUT2D eigenvalue weighted by Gasteiger charge is -2.28. The molecule has 1 unspecified atom stereocenters. The van der Waals surface area contributed by atoms with E-state index in [0.717, 1.165) is 25.5 Å². The van der Waals surface area contributed by atoms with Gasteiger partial charge < -0.3 is 10.2 Å². The van der Waals surface area contributed by atoms with E-state index in [-0.39, 0.29) is 0 Å². The van der Waals surface area contributed by atoms with E-state index in [4.69, 9.17) is 11.6 Å². The van der Waals surface area contributed by atoms with E-state index in [9.17, 15) is 0 Å². The molecule has 1 fully saturated rings. The third kappa shape index (κ3) is 3.06. The molecule has 0 spiro atoms. The van der Waals surface area contributed by atoms with Gasteiger partial charge in [0, 0.05) is 19.8 Å². The Balaban J connectivity index is 1.94. The lowest BCUT2D eigenvalue weighted by Crippen LogP contribution is -2.37. The van der Waals surface area contributed by atoms with Crippen molar-refractivity contribution >= 4 is 17.4 Å². The molecule has 88 valence electrons. The fraction of sp³-hybridized carbons (Fsp3) is 0.636. The van der Waals surface area contributed by atoms with E-state index in [1.807, 2.05) is 13.1 Å². The van der Waals surface area contributed by atoms with Crippen LogP contribution < -0.4 is 10.2 Å². The molecule has 1 aromatic rings. The monoisotopic (exact) mass is 240 g/mol. The minimum Gasteiger partial charge on any atom is -0.359 e. The van der Waals surface area contributed by atoms with E-state index < -0.39 is 0 Å². The van der Waals surface area contributed by atoms with Crippen LogP contribution in [0.25, 0.3) is 0 Å². The zero-order valence-electron chi connectivity index (χ0n) is 9.49. The van der Waals surface area contributed by atoms with Crippen LogP contribution in [0.5, 0.6) is 0 Å². The van der Waals surface area contributed by atoms with Crippen LogP contribution in [-0.2, 0) is 0 Å². The second-order valence-corrected chi connectivity index (χ2v) is 4.61. The quantitative estimate of drug-likeness (QED) is 0.815. The van der Waals surface area contributed by atoms with E-state index >= 15 is 0 Å². The summed E-state index contributed by atoms with van der Waals surface area (Å²) in [5.74, 6) is 1.60. The molecule has 0 saturated carbocycles. The van der Waals surface area contributed by atoms with Crippen molar-refractivity contribution in [3.05, 3.63) is 17.5 Å². The van der Waals surface area contributed by atoms with Gasteiger partial charge in [-0.15, -0.1) is 0 Å². The lowest BCUT2D eigenvalue weighted by molar-refractivity contribution is 0.380. The van der Waals surface area contributed by atoms with Gasteiger partial charge in [0.1, 0.15) is 5.82 Å². The Hall–Kier alpha value is -0.870. The molecule has 0 bridgehead atoms. The highest BCUT2D eigenvalue weighted by atomic mass is 35.5. The molecule has 0 aliphatic carbocycles. The highest BCUT2D eigenvalue weighted by Gasteiger charge is 2.15. The van der Waals surface area contributed by atoms with Crippen molar-refractivity contribution in [1.82, 2.24) is 15.3 Å². The van der Waals surface area contributed by atoms with Gasteiger partial charge >= 0.3 is 0 Å². The molecule has 1 atom stereocenters. The zero-order chi connectivity index (χ0) is 11.4. The molecule has 2 rings (SSSR count). The summed E-state index contributed by atoms with van der Waals surface area (Å²) in [6.45, 7) is 3.27. The summed E-state index contributed by atoms with van der Waals surface area (Å²) in [5, 5.41) is 3.73. The summed E-state index contributed by atoms with van der Waals surface area (Å²) in [4.78, 5) is 10.2. The van der Waals surface area contributed by atoms with Gasteiger partial charge in [-0.3, -0.25) is 0 Å². The maximum absolute atomic E-state index is 5.77. The number of nitrogens with zero attached hydrogens (tertiary/aromatic N) is 3. The fourth-order valence-electron chi connectivity index (χ4n) is 2.10. The number of anilines is 1. The Morgan fingerprint density at radius 3 is 3.19 bits per heavy atom. The number of halogens is 1. The summed E-state index contributed by atoms with van der Waals surface area (Å²) in [6, 6.07) is 1.89. The van der Waals surface area contributed by atoms with Crippen LogP contribution in [0.4, 0.5) is 5.82 Å². The average Bonchev–Trinajstić information content (AvgIpc) is 2.30. The minimum absolute atomic E-state index is 0.311. The first-order valence-corrected chi connectivity index (χ1v) is 6.04. The van der Waals surface area contributed by atoms with Crippen LogP contribution in [-0.4, -0.2) is 36.6 Å². The molecule has 0 amide bonds. The van der Waals surface area contributed by atoms with E-state index in [1.165, 1.54) is 12.8 Å².